The molecule has 0 aliphatic heterocycles. The molecule has 2 aliphatic rings. The molecule has 0 bridgehead atoms. The zero-order valence-corrected chi connectivity index (χ0v) is 16.3. The molecule has 1 aromatic rings. The van der Waals surface area contributed by atoms with Crippen LogP contribution in [0.3, 0.4) is 0 Å². The van der Waals surface area contributed by atoms with Gasteiger partial charge in [0.15, 0.2) is 0 Å². The van der Waals surface area contributed by atoms with Crippen LogP contribution in [0.4, 0.5) is 4.39 Å². The lowest BCUT2D eigenvalue weighted by Crippen LogP contribution is -2.17. The molecule has 0 atom stereocenters. The van der Waals surface area contributed by atoms with Gasteiger partial charge in [-0.05, 0) is 92.7 Å². The van der Waals surface area contributed by atoms with Crippen LogP contribution >= 0.6 is 0 Å². The van der Waals surface area contributed by atoms with Crippen molar-refractivity contribution in [3.8, 4) is 6.07 Å². The number of nitriles is 1. The molecular weight excluding hydrogens is 333 g/mol. The van der Waals surface area contributed by atoms with Crippen molar-refractivity contribution in [1.29, 1.82) is 5.26 Å². The Kier molecular flexibility index (Phi) is 7.69. The third kappa shape index (κ3) is 6.35. The Labute approximate surface area is 164 Å². The van der Waals surface area contributed by atoms with Crippen LogP contribution in [0.2, 0.25) is 0 Å². The lowest BCUT2D eigenvalue weighted by molar-refractivity contribution is 0.246. The number of hydrogen-bond acceptors (Lipinski definition) is 1. The van der Waals surface area contributed by atoms with E-state index < -0.39 is 0 Å². The highest BCUT2D eigenvalue weighted by Gasteiger charge is 2.24. The Morgan fingerprint density at radius 3 is 2.04 bits per heavy atom. The second kappa shape index (κ2) is 10.5. The van der Waals surface area contributed by atoms with E-state index in [-0.39, 0.29) is 5.82 Å². The number of nitrogens with zero attached hydrogens (tertiary/aromatic N) is 1. The molecule has 0 heterocycles. The van der Waals surface area contributed by atoms with Gasteiger partial charge in [-0.15, -0.1) is 0 Å². The third-order valence-corrected chi connectivity index (χ3v) is 6.73. The maximum atomic E-state index is 13.1. The highest BCUT2D eigenvalue weighted by molar-refractivity contribution is 5.20. The van der Waals surface area contributed by atoms with Crippen LogP contribution in [0.1, 0.15) is 75.7 Å². The smallest absolute Gasteiger partial charge is 0.123 e. The fourth-order valence-electron chi connectivity index (χ4n) is 4.98. The first-order chi connectivity index (χ1) is 13.2. The van der Waals surface area contributed by atoms with Crippen molar-refractivity contribution in [2.75, 3.05) is 0 Å². The molecule has 2 fully saturated rings. The van der Waals surface area contributed by atoms with Crippen LogP contribution in [0.25, 0.3) is 0 Å². The van der Waals surface area contributed by atoms with Gasteiger partial charge < -0.3 is 0 Å². The Bertz CT molecular complexity index is 651. The minimum absolute atomic E-state index is 0.128. The van der Waals surface area contributed by atoms with E-state index in [0.717, 1.165) is 11.8 Å². The van der Waals surface area contributed by atoms with Gasteiger partial charge in [0.05, 0.1) is 6.07 Å². The predicted octanol–water partition coefficient (Wildman–Crippen LogP) is 7.32. The molecule has 0 spiro atoms. The average molecular weight is 366 g/mol. The number of halogens is 1. The van der Waals surface area contributed by atoms with Crippen molar-refractivity contribution < 1.29 is 4.39 Å². The second-order valence-electron chi connectivity index (χ2n) is 8.50. The summed E-state index contributed by atoms with van der Waals surface area (Å²) < 4.78 is 13.1. The van der Waals surface area contributed by atoms with E-state index in [0.29, 0.717) is 11.8 Å². The molecule has 0 radical (unpaired) electrons. The quantitative estimate of drug-likeness (QED) is 0.382. The van der Waals surface area contributed by atoms with E-state index in [4.69, 9.17) is 5.26 Å². The first-order valence-electron chi connectivity index (χ1n) is 10.7. The SMILES string of the molecule is N#C/C=C/C=C/C1CCC(CCC2CCC(c3ccc(F)cc3)CC2)CC1. The van der Waals surface area contributed by atoms with Crippen LogP contribution < -0.4 is 0 Å². The normalized spacial score (nSPS) is 29.2. The molecule has 2 aliphatic carbocycles. The molecule has 0 unspecified atom stereocenters. The van der Waals surface area contributed by atoms with Crippen molar-refractivity contribution >= 4 is 0 Å². The fourth-order valence-corrected chi connectivity index (χ4v) is 4.98. The van der Waals surface area contributed by atoms with Gasteiger partial charge in [0.25, 0.3) is 0 Å². The van der Waals surface area contributed by atoms with Crippen molar-refractivity contribution in [3.05, 3.63) is 60.0 Å². The van der Waals surface area contributed by atoms with Gasteiger partial charge in [-0.2, -0.15) is 5.26 Å². The van der Waals surface area contributed by atoms with Gasteiger partial charge in [-0.1, -0.05) is 43.2 Å². The first kappa shape index (κ1) is 19.9. The summed E-state index contributed by atoms with van der Waals surface area (Å²) in [6, 6.07) is 9.19. The van der Waals surface area contributed by atoms with Crippen LogP contribution in [0, 0.1) is 34.9 Å². The molecule has 0 N–H and O–H groups in total. The van der Waals surface area contributed by atoms with Crippen molar-refractivity contribution in [1.82, 2.24) is 0 Å². The van der Waals surface area contributed by atoms with E-state index in [1.54, 1.807) is 12.1 Å². The van der Waals surface area contributed by atoms with Gasteiger partial charge in [-0.25, -0.2) is 4.39 Å². The molecule has 0 amide bonds. The molecular formula is C25H32FN. The standard InChI is InChI=1S/C25H32FN/c26-25-17-15-24(16-18-25)23-13-11-22(12-14-23)10-9-21-7-5-20(6-8-21)4-2-1-3-19-27/h1-4,15-18,20-23H,5-14H2/b3-1+,4-2+. The predicted molar refractivity (Wildman–Crippen MR) is 110 cm³/mol. The minimum atomic E-state index is -0.128. The summed E-state index contributed by atoms with van der Waals surface area (Å²) in [7, 11) is 0. The van der Waals surface area contributed by atoms with E-state index in [1.807, 2.05) is 30.4 Å². The topological polar surface area (TPSA) is 23.8 Å². The summed E-state index contributed by atoms with van der Waals surface area (Å²) in [5.74, 6) is 3.03. The third-order valence-electron chi connectivity index (χ3n) is 6.73. The summed E-state index contributed by atoms with van der Waals surface area (Å²) >= 11 is 0. The molecule has 144 valence electrons. The number of benzene rings is 1. The van der Waals surface area contributed by atoms with E-state index in [2.05, 4.69) is 6.08 Å². The van der Waals surface area contributed by atoms with E-state index in [1.165, 1.54) is 75.8 Å². The Balaban J connectivity index is 1.33. The van der Waals surface area contributed by atoms with E-state index >= 15 is 0 Å². The molecule has 2 heteroatoms. The van der Waals surface area contributed by atoms with Crippen LogP contribution in [-0.4, -0.2) is 0 Å². The molecule has 1 nitrogen and oxygen atoms in total. The molecule has 27 heavy (non-hydrogen) atoms. The fraction of sp³-hybridized carbons (Fsp3) is 0.560. The van der Waals surface area contributed by atoms with Gasteiger partial charge >= 0.3 is 0 Å². The Morgan fingerprint density at radius 1 is 0.852 bits per heavy atom. The second-order valence-corrected chi connectivity index (χ2v) is 8.50. The summed E-state index contributed by atoms with van der Waals surface area (Å²) in [5.41, 5.74) is 1.32. The summed E-state index contributed by atoms with van der Waals surface area (Å²) in [4.78, 5) is 0. The summed E-state index contributed by atoms with van der Waals surface area (Å²) in [6.07, 6.45) is 21.0. The summed E-state index contributed by atoms with van der Waals surface area (Å²) in [6.45, 7) is 0. The van der Waals surface area contributed by atoms with E-state index in [9.17, 15) is 4.39 Å². The number of allylic oxidation sites excluding steroid dienone is 4. The largest absolute Gasteiger partial charge is 0.207 e. The lowest BCUT2D eigenvalue weighted by Gasteiger charge is -2.31. The molecule has 0 saturated heterocycles. The monoisotopic (exact) mass is 365 g/mol. The Hall–Kier alpha value is -1.88. The van der Waals surface area contributed by atoms with Gasteiger partial charge in [0, 0.05) is 6.08 Å². The Morgan fingerprint density at radius 2 is 1.44 bits per heavy atom. The van der Waals surface area contributed by atoms with Gasteiger partial charge in [0.1, 0.15) is 5.82 Å². The molecule has 0 aromatic heterocycles. The van der Waals surface area contributed by atoms with Crippen LogP contribution in [-0.2, 0) is 0 Å². The lowest BCUT2D eigenvalue weighted by atomic mass is 9.74. The highest BCUT2D eigenvalue weighted by atomic mass is 19.1. The maximum Gasteiger partial charge on any atom is 0.123 e. The average Bonchev–Trinajstić information content (AvgIpc) is 2.72. The maximum absolute atomic E-state index is 13.1. The number of hydrogen-bond donors (Lipinski definition) is 0. The minimum Gasteiger partial charge on any atom is -0.207 e. The van der Waals surface area contributed by atoms with Crippen LogP contribution in [0.5, 0.6) is 0 Å². The molecule has 3 rings (SSSR count). The zero-order valence-electron chi connectivity index (χ0n) is 16.3. The molecule has 2 saturated carbocycles. The summed E-state index contributed by atoms with van der Waals surface area (Å²) in [5, 5.41) is 8.50. The van der Waals surface area contributed by atoms with Crippen molar-refractivity contribution in [2.24, 2.45) is 17.8 Å². The van der Waals surface area contributed by atoms with Crippen molar-refractivity contribution in [2.45, 2.75) is 70.1 Å². The zero-order chi connectivity index (χ0) is 18.9. The van der Waals surface area contributed by atoms with Crippen molar-refractivity contribution in [3.63, 3.8) is 0 Å². The number of rotatable bonds is 6. The van der Waals surface area contributed by atoms with Gasteiger partial charge in [-0.3, -0.25) is 0 Å². The highest BCUT2D eigenvalue weighted by Crippen LogP contribution is 2.39. The van der Waals surface area contributed by atoms with Crippen LogP contribution in [0.15, 0.2) is 48.6 Å². The first-order valence-corrected chi connectivity index (χ1v) is 10.7. The molecule has 1 aromatic carbocycles. The van der Waals surface area contributed by atoms with Gasteiger partial charge in [0.2, 0.25) is 0 Å².